The number of anilines is 1. The van der Waals surface area contributed by atoms with E-state index in [0.717, 1.165) is 29.2 Å². The van der Waals surface area contributed by atoms with Crippen LogP contribution in [0.25, 0.3) is 6.08 Å². The molecule has 2 aromatic carbocycles. The molecule has 1 saturated heterocycles. The summed E-state index contributed by atoms with van der Waals surface area (Å²) in [6.45, 7) is 1.94. The third-order valence-corrected chi connectivity index (χ3v) is 4.33. The number of nitrogens with zero attached hydrogens (tertiary/aromatic N) is 1. The number of carbonyl (C=O) groups excluding carboxylic acids is 3. The molecule has 1 aliphatic rings. The minimum absolute atomic E-state index is 0.311. The SMILES string of the molecule is Cc1ccc(N2C(=O)SC(=Cc3ccc(C=O)cc3)C2=O)cc1. The zero-order valence-electron chi connectivity index (χ0n) is 12.4. The van der Waals surface area contributed by atoms with Crippen LogP contribution in [0.4, 0.5) is 10.5 Å². The van der Waals surface area contributed by atoms with Crippen LogP contribution in [0.15, 0.2) is 53.4 Å². The largest absolute Gasteiger partial charge is 0.298 e. The average Bonchev–Trinajstić information content (AvgIpc) is 2.83. The first-order valence-corrected chi connectivity index (χ1v) is 7.80. The van der Waals surface area contributed by atoms with Gasteiger partial charge in [-0.15, -0.1) is 0 Å². The molecule has 0 bridgehead atoms. The monoisotopic (exact) mass is 323 g/mol. The van der Waals surface area contributed by atoms with Crippen molar-refractivity contribution in [3.63, 3.8) is 0 Å². The van der Waals surface area contributed by atoms with E-state index in [9.17, 15) is 14.4 Å². The van der Waals surface area contributed by atoms with E-state index in [-0.39, 0.29) is 11.1 Å². The minimum atomic E-state index is -0.330. The standard InChI is InChI=1S/C18H13NO3S/c1-12-2-8-15(9-3-12)19-17(21)16(23-18(19)22)10-13-4-6-14(11-20)7-5-13/h2-11H,1H3. The third kappa shape index (κ3) is 3.10. The Morgan fingerprint density at radius 3 is 2.13 bits per heavy atom. The van der Waals surface area contributed by atoms with Crippen LogP contribution in [0.2, 0.25) is 0 Å². The van der Waals surface area contributed by atoms with Gasteiger partial charge >= 0.3 is 0 Å². The zero-order chi connectivity index (χ0) is 16.4. The molecular weight excluding hydrogens is 310 g/mol. The van der Waals surface area contributed by atoms with Crippen molar-refractivity contribution in [1.29, 1.82) is 0 Å². The van der Waals surface area contributed by atoms with Crippen LogP contribution in [0.1, 0.15) is 21.5 Å². The third-order valence-electron chi connectivity index (χ3n) is 3.46. The number of carbonyl (C=O) groups is 3. The maximum absolute atomic E-state index is 12.5. The average molecular weight is 323 g/mol. The predicted octanol–water partition coefficient (Wildman–Crippen LogP) is 4.05. The second-order valence-corrected chi connectivity index (χ2v) is 6.13. The van der Waals surface area contributed by atoms with Crippen molar-refractivity contribution in [1.82, 2.24) is 0 Å². The molecular formula is C18H13NO3S. The van der Waals surface area contributed by atoms with Gasteiger partial charge in [-0.3, -0.25) is 14.4 Å². The number of benzene rings is 2. The molecule has 2 aromatic rings. The van der Waals surface area contributed by atoms with E-state index in [2.05, 4.69) is 0 Å². The summed E-state index contributed by atoms with van der Waals surface area (Å²) in [5, 5.41) is -0.311. The highest BCUT2D eigenvalue weighted by Crippen LogP contribution is 2.35. The summed E-state index contributed by atoms with van der Waals surface area (Å²) in [7, 11) is 0. The number of rotatable bonds is 3. The van der Waals surface area contributed by atoms with Crippen molar-refractivity contribution >= 4 is 41.0 Å². The first-order chi connectivity index (χ1) is 11.1. The molecule has 5 heteroatoms. The van der Waals surface area contributed by atoms with E-state index in [4.69, 9.17) is 0 Å². The van der Waals surface area contributed by atoms with E-state index >= 15 is 0 Å². The molecule has 2 amide bonds. The lowest BCUT2D eigenvalue weighted by atomic mass is 10.1. The first kappa shape index (κ1) is 15.2. The molecule has 0 aromatic heterocycles. The Labute approximate surface area is 137 Å². The van der Waals surface area contributed by atoms with Crippen molar-refractivity contribution in [3.8, 4) is 0 Å². The molecule has 4 nitrogen and oxygen atoms in total. The smallest absolute Gasteiger partial charge is 0.298 e. The molecule has 0 saturated carbocycles. The lowest BCUT2D eigenvalue weighted by Crippen LogP contribution is -2.27. The van der Waals surface area contributed by atoms with E-state index < -0.39 is 0 Å². The van der Waals surface area contributed by atoms with Gasteiger partial charge in [-0.25, -0.2) is 4.90 Å². The van der Waals surface area contributed by atoms with Crippen LogP contribution in [0, 0.1) is 6.92 Å². The number of aryl methyl sites for hydroxylation is 1. The fourth-order valence-electron chi connectivity index (χ4n) is 2.21. The predicted molar refractivity (Wildman–Crippen MR) is 91.5 cm³/mol. The number of thioether (sulfide) groups is 1. The molecule has 0 N–H and O–H groups in total. The number of amides is 2. The lowest BCUT2D eigenvalue weighted by Gasteiger charge is -2.12. The van der Waals surface area contributed by atoms with Crippen molar-refractivity contribution in [2.75, 3.05) is 4.90 Å². The summed E-state index contributed by atoms with van der Waals surface area (Å²) >= 11 is 0.915. The molecule has 1 fully saturated rings. The molecule has 3 rings (SSSR count). The van der Waals surface area contributed by atoms with E-state index in [1.54, 1.807) is 42.5 Å². The summed E-state index contributed by atoms with van der Waals surface area (Å²) < 4.78 is 0. The molecule has 0 radical (unpaired) electrons. The molecule has 0 spiro atoms. The van der Waals surface area contributed by atoms with Crippen LogP contribution >= 0.6 is 11.8 Å². The maximum atomic E-state index is 12.5. The van der Waals surface area contributed by atoms with Gasteiger partial charge in [-0.05, 0) is 42.5 Å². The Morgan fingerprint density at radius 1 is 0.913 bits per heavy atom. The number of hydrogen-bond donors (Lipinski definition) is 0. The van der Waals surface area contributed by atoms with Gasteiger partial charge in [-0.1, -0.05) is 42.0 Å². The number of hydrogen-bond acceptors (Lipinski definition) is 4. The second-order valence-electron chi connectivity index (χ2n) is 5.14. The first-order valence-electron chi connectivity index (χ1n) is 6.98. The number of aldehydes is 1. The van der Waals surface area contributed by atoms with Crippen LogP contribution in [-0.4, -0.2) is 17.4 Å². The maximum Gasteiger partial charge on any atom is 0.298 e. The fourth-order valence-corrected chi connectivity index (χ4v) is 3.05. The van der Waals surface area contributed by atoms with Crippen molar-refractivity contribution in [3.05, 3.63) is 70.1 Å². The molecule has 0 aliphatic carbocycles. The topological polar surface area (TPSA) is 54.5 Å². The van der Waals surface area contributed by atoms with E-state index in [1.165, 1.54) is 4.90 Å². The summed E-state index contributed by atoms with van der Waals surface area (Å²) in [5.41, 5.74) is 2.96. The fraction of sp³-hybridized carbons (Fsp3) is 0.0556. The van der Waals surface area contributed by atoms with Gasteiger partial charge in [0.2, 0.25) is 0 Å². The Kier molecular flexibility index (Phi) is 4.12. The Balaban J connectivity index is 1.89. The Hall–Kier alpha value is -2.66. The highest BCUT2D eigenvalue weighted by Gasteiger charge is 2.36. The number of imide groups is 1. The van der Waals surface area contributed by atoms with Crippen LogP contribution in [0.5, 0.6) is 0 Å². The van der Waals surface area contributed by atoms with Crippen molar-refractivity contribution in [2.45, 2.75) is 6.92 Å². The van der Waals surface area contributed by atoms with Gasteiger partial charge < -0.3 is 0 Å². The van der Waals surface area contributed by atoms with Crippen LogP contribution in [0.3, 0.4) is 0 Å². The highest BCUT2D eigenvalue weighted by molar-refractivity contribution is 8.19. The molecule has 1 heterocycles. The summed E-state index contributed by atoms with van der Waals surface area (Å²) in [5.74, 6) is -0.330. The van der Waals surface area contributed by atoms with Crippen molar-refractivity contribution < 1.29 is 14.4 Å². The summed E-state index contributed by atoms with van der Waals surface area (Å²) in [6, 6.07) is 14.1. The quantitative estimate of drug-likeness (QED) is 0.631. The van der Waals surface area contributed by atoms with Gasteiger partial charge in [0, 0.05) is 5.56 Å². The zero-order valence-corrected chi connectivity index (χ0v) is 13.2. The van der Waals surface area contributed by atoms with Gasteiger partial charge in [0.15, 0.2) is 0 Å². The normalized spacial score (nSPS) is 16.2. The molecule has 23 heavy (non-hydrogen) atoms. The van der Waals surface area contributed by atoms with Crippen molar-refractivity contribution in [2.24, 2.45) is 0 Å². The summed E-state index contributed by atoms with van der Waals surface area (Å²) in [6.07, 6.45) is 2.42. The van der Waals surface area contributed by atoms with E-state index in [1.807, 2.05) is 19.1 Å². The molecule has 0 unspecified atom stereocenters. The second kappa shape index (κ2) is 6.22. The molecule has 1 aliphatic heterocycles. The highest BCUT2D eigenvalue weighted by atomic mass is 32.2. The Morgan fingerprint density at radius 2 is 1.52 bits per heavy atom. The Bertz CT molecular complexity index is 807. The lowest BCUT2D eigenvalue weighted by molar-refractivity contribution is -0.113. The van der Waals surface area contributed by atoms with Crippen LogP contribution in [-0.2, 0) is 4.79 Å². The van der Waals surface area contributed by atoms with Gasteiger partial charge in [0.1, 0.15) is 6.29 Å². The molecule has 0 atom stereocenters. The van der Waals surface area contributed by atoms with Gasteiger partial charge in [-0.2, -0.15) is 0 Å². The minimum Gasteiger partial charge on any atom is -0.298 e. The molecule has 114 valence electrons. The summed E-state index contributed by atoms with van der Waals surface area (Å²) in [4.78, 5) is 36.8. The van der Waals surface area contributed by atoms with Gasteiger partial charge in [0.05, 0.1) is 10.6 Å². The van der Waals surface area contributed by atoms with Crippen LogP contribution < -0.4 is 4.90 Å². The van der Waals surface area contributed by atoms with Gasteiger partial charge in [0.25, 0.3) is 11.1 Å². The van der Waals surface area contributed by atoms with E-state index in [0.29, 0.717) is 16.2 Å².